The zero-order valence-electron chi connectivity index (χ0n) is 13.6. The van der Waals surface area contributed by atoms with E-state index in [0.29, 0.717) is 13.1 Å². The number of aliphatic hydroxyl groups is 1. The predicted octanol–water partition coefficient (Wildman–Crippen LogP) is 2.73. The molecule has 24 heavy (non-hydrogen) atoms. The molecule has 0 spiro atoms. The van der Waals surface area contributed by atoms with Gasteiger partial charge in [-0.25, -0.2) is 4.79 Å². The Kier molecular flexibility index (Phi) is 8.31. The normalized spacial score (nSPS) is 11.9. The van der Waals surface area contributed by atoms with Gasteiger partial charge in [0, 0.05) is 13.1 Å². The molecule has 0 bridgehead atoms. The zero-order valence-corrected chi connectivity index (χ0v) is 14.4. The SMILES string of the molecule is O=C(NCCCc1ccccc1)NC[C@H](OCCO)c1ccsc1. The molecule has 1 heterocycles. The second-order valence-electron chi connectivity index (χ2n) is 5.37. The van der Waals surface area contributed by atoms with Crippen molar-refractivity contribution in [1.82, 2.24) is 10.6 Å². The number of nitrogens with one attached hydrogen (secondary N) is 2. The van der Waals surface area contributed by atoms with E-state index in [2.05, 4.69) is 22.8 Å². The quantitative estimate of drug-likeness (QED) is 0.578. The summed E-state index contributed by atoms with van der Waals surface area (Å²) < 4.78 is 5.58. The van der Waals surface area contributed by atoms with E-state index in [1.54, 1.807) is 11.3 Å². The monoisotopic (exact) mass is 348 g/mol. The van der Waals surface area contributed by atoms with E-state index in [9.17, 15) is 4.79 Å². The third-order valence-corrected chi connectivity index (χ3v) is 4.25. The number of hydrogen-bond donors (Lipinski definition) is 3. The summed E-state index contributed by atoms with van der Waals surface area (Å²) in [7, 11) is 0. The van der Waals surface area contributed by atoms with E-state index in [-0.39, 0.29) is 25.3 Å². The molecule has 0 unspecified atom stereocenters. The minimum Gasteiger partial charge on any atom is -0.394 e. The van der Waals surface area contributed by atoms with E-state index >= 15 is 0 Å². The van der Waals surface area contributed by atoms with Crippen molar-refractivity contribution in [3.05, 3.63) is 58.3 Å². The van der Waals surface area contributed by atoms with Gasteiger partial charge in [0.2, 0.25) is 0 Å². The molecule has 0 aliphatic carbocycles. The van der Waals surface area contributed by atoms with Crippen LogP contribution in [0.2, 0.25) is 0 Å². The molecule has 1 atom stereocenters. The van der Waals surface area contributed by atoms with E-state index in [0.717, 1.165) is 18.4 Å². The van der Waals surface area contributed by atoms with Crippen molar-refractivity contribution >= 4 is 17.4 Å². The number of benzene rings is 1. The zero-order chi connectivity index (χ0) is 17.0. The van der Waals surface area contributed by atoms with E-state index in [1.807, 2.05) is 35.0 Å². The van der Waals surface area contributed by atoms with Gasteiger partial charge in [0.25, 0.3) is 0 Å². The van der Waals surface area contributed by atoms with Crippen LogP contribution < -0.4 is 10.6 Å². The van der Waals surface area contributed by atoms with Crippen molar-refractivity contribution in [1.29, 1.82) is 0 Å². The van der Waals surface area contributed by atoms with Gasteiger partial charge in [0.05, 0.1) is 13.2 Å². The molecular formula is C18H24N2O3S. The average molecular weight is 348 g/mol. The molecule has 6 heteroatoms. The summed E-state index contributed by atoms with van der Waals surface area (Å²) >= 11 is 1.58. The number of aliphatic hydroxyl groups excluding tert-OH is 1. The first kappa shape index (κ1) is 18.4. The first-order chi connectivity index (χ1) is 11.8. The van der Waals surface area contributed by atoms with Gasteiger partial charge in [-0.2, -0.15) is 11.3 Å². The Labute approximate surface area is 146 Å². The number of hydrogen-bond acceptors (Lipinski definition) is 4. The summed E-state index contributed by atoms with van der Waals surface area (Å²) in [6.07, 6.45) is 1.60. The molecule has 3 N–H and O–H groups in total. The Balaban J connectivity index is 1.65. The lowest BCUT2D eigenvalue weighted by Gasteiger charge is -2.17. The van der Waals surface area contributed by atoms with Gasteiger partial charge in [0.15, 0.2) is 0 Å². The van der Waals surface area contributed by atoms with Crippen LogP contribution in [-0.2, 0) is 11.2 Å². The van der Waals surface area contributed by atoms with Crippen molar-refractivity contribution < 1.29 is 14.6 Å². The molecule has 0 aliphatic heterocycles. The van der Waals surface area contributed by atoms with Crippen LogP contribution in [-0.4, -0.2) is 37.4 Å². The van der Waals surface area contributed by atoms with Gasteiger partial charge in [-0.05, 0) is 40.8 Å². The minimum absolute atomic E-state index is 0.0354. The number of amides is 2. The van der Waals surface area contributed by atoms with Crippen molar-refractivity contribution in [2.45, 2.75) is 18.9 Å². The number of aryl methyl sites for hydroxylation is 1. The van der Waals surface area contributed by atoms with Crippen LogP contribution >= 0.6 is 11.3 Å². The lowest BCUT2D eigenvalue weighted by atomic mass is 10.1. The molecule has 0 fully saturated rings. The van der Waals surface area contributed by atoms with Crippen molar-refractivity contribution in [2.75, 3.05) is 26.3 Å². The summed E-state index contributed by atoms with van der Waals surface area (Å²) in [4.78, 5) is 11.9. The first-order valence-corrected chi connectivity index (χ1v) is 9.04. The Bertz CT molecular complexity index is 575. The fourth-order valence-electron chi connectivity index (χ4n) is 2.31. The maximum atomic E-state index is 11.9. The molecule has 0 saturated heterocycles. The molecule has 130 valence electrons. The fourth-order valence-corrected chi connectivity index (χ4v) is 3.01. The van der Waals surface area contributed by atoms with Crippen molar-refractivity contribution in [2.24, 2.45) is 0 Å². The lowest BCUT2D eigenvalue weighted by molar-refractivity contribution is 0.0297. The fraction of sp³-hybridized carbons (Fsp3) is 0.389. The number of carbonyl (C=O) groups is 1. The Morgan fingerprint density at radius 2 is 2.04 bits per heavy atom. The van der Waals surface area contributed by atoms with Crippen molar-refractivity contribution in [3.8, 4) is 0 Å². The maximum Gasteiger partial charge on any atom is 0.314 e. The highest BCUT2D eigenvalue weighted by Crippen LogP contribution is 2.19. The van der Waals surface area contributed by atoms with Crippen LogP contribution in [0.1, 0.15) is 23.7 Å². The molecule has 0 radical (unpaired) electrons. The van der Waals surface area contributed by atoms with Crippen LogP contribution in [0, 0.1) is 0 Å². The van der Waals surface area contributed by atoms with Gasteiger partial charge in [0.1, 0.15) is 6.10 Å². The molecule has 1 aromatic heterocycles. The number of urea groups is 1. The molecule has 0 saturated carbocycles. The van der Waals surface area contributed by atoms with Crippen LogP contribution in [0.25, 0.3) is 0 Å². The second kappa shape index (κ2) is 10.8. The first-order valence-electron chi connectivity index (χ1n) is 8.10. The number of thiophene rings is 1. The molecule has 2 rings (SSSR count). The van der Waals surface area contributed by atoms with Crippen molar-refractivity contribution in [3.63, 3.8) is 0 Å². The summed E-state index contributed by atoms with van der Waals surface area (Å²) in [6.45, 7) is 1.22. The molecular weight excluding hydrogens is 324 g/mol. The van der Waals surface area contributed by atoms with Crippen LogP contribution in [0.4, 0.5) is 4.79 Å². The van der Waals surface area contributed by atoms with Gasteiger partial charge < -0.3 is 20.5 Å². The van der Waals surface area contributed by atoms with E-state index in [4.69, 9.17) is 9.84 Å². The van der Waals surface area contributed by atoms with Gasteiger partial charge in [-0.1, -0.05) is 30.3 Å². The average Bonchev–Trinajstić information content (AvgIpc) is 3.14. The highest BCUT2D eigenvalue weighted by atomic mass is 32.1. The lowest BCUT2D eigenvalue weighted by Crippen LogP contribution is -2.38. The summed E-state index contributed by atoms with van der Waals surface area (Å²) in [5.74, 6) is 0. The summed E-state index contributed by atoms with van der Waals surface area (Å²) in [5, 5.41) is 18.5. The van der Waals surface area contributed by atoms with Crippen LogP contribution in [0.5, 0.6) is 0 Å². The maximum absolute atomic E-state index is 11.9. The molecule has 5 nitrogen and oxygen atoms in total. The standard InChI is InChI=1S/C18H24N2O3S/c21-10-11-23-17(16-8-12-24-14-16)13-20-18(22)19-9-4-7-15-5-2-1-3-6-15/h1-3,5-6,8,12,14,17,21H,4,7,9-11,13H2,(H2,19,20,22)/t17-/m0/s1. The van der Waals surface area contributed by atoms with Gasteiger partial charge in [-0.15, -0.1) is 0 Å². The Morgan fingerprint density at radius 1 is 1.21 bits per heavy atom. The summed E-state index contributed by atoms with van der Waals surface area (Å²) in [6, 6.07) is 12.0. The third kappa shape index (κ3) is 6.70. The number of carbonyl (C=O) groups excluding carboxylic acids is 1. The van der Waals surface area contributed by atoms with Gasteiger partial charge >= 0.3 is 6.03 Å². The number of ether oxygens (including phenoxy) is 1. The minimum atomic E-state index is -0.238. The van der Waals surface area contributed by atoms with E-state index in [1.165, 1.54) is 5.56 Å². The Morgan fingerprint density at radius 3 is 2.75 bits per heavy atom. The van der Waals surface area contributed by atoms with Crippen LogP contribution in [0.15, 0.2) is 47.2 Å². The number of rotatable bonds is 10. The molecule has 2 amide bonds. The molecule has 2 aromatic rings. The highest BCUT2D eigenvalue weighted by Gasteiger charge is 2.13. The topological polar surface area (TPSA) is 70.6 Å². The highest BCUT2D eigenvalue weighted by molar-refractivity contribution is 7.07. The van der Waals surface area contributed by atoms with Gasteiger partial charge in [-0.3, -0.25) is 0 Å². The van der Waals surface area contributed by atoms with E-state index < -0.39 is 0 Å². The third-order valence-electron chi connectivity index (χ3n) is 3.54. The van der Waals surface area contributed by atoms with Crippen LogP contribution in [0.3, 0.4) is 0 Å². The smallest absolute Gasteiger partial charge is 0.314 e. The predicted molar refractivity (Wildman–Crippen MR) is 96.3 cm³/mol. The molecule has 0 aliphatic rings. The Hall–Kier alpha value is -1.89. The second-order valence-corrected chi connectivity index (χ2v) is 6.15. The summed E-state index contributed by atoms with van der Waals surface area (Å²) in [5.41, 5.74) is 2.28. The largest absolute Gasteiger partial charge is 0.394 e. The molecule has 1 aromatic carbocycles.